The summed E-state index contributed by atoms with van der Waals surface area (Å²) >= 11 is 5.89. The second kappa shape index (κ2) is 5.70. The molecule has 1 aliphatic heterocycles. The number of anilines is 1. The molecule has 1 aliphatic rings. The molecule has 0 saturated heterocycles. The number of halogens is 1. The Morgan fingerprint density at radius 2 is 1.91 bits per heavy atom. The fourth-order valence-electron chi connectivity index (χ4n) is 2.31. The summed E-state index contributed by atoms with van der Waals surface area (Å²) in [6, 6.07) is 10.7. The average molecular weight is 328 g/mol. The van der Waals surface area contributed by atoms with Crippen LogP contribution < -0.4 is 5.32 Å². The molecule has 1 heterocycles. The zero-order valence-electron chi connectivity index (χ0n) is 11.7. The lowest BCUT2D eigenvalue weighted by Gasteiger charge is -2.18. The Bertz CT molecular complexity index is 886. The maximum Gasteiger partial charge on any atom is 0.335 e. The lowest BCUT2D eigenvalue weighted by molar-refractivity contribution is -0.112. The van der Waals surface area contributed by atoms with Crippen LogP contribution in [0.15, 0.2) is 48.0 Å². The smallest absolute Gasteiger partial charge is 0.335 e. The summed E-state index contributed by atoms with van der Waals surface area (Å²) in [7, 11) is 0. The minimum Gasteiger partial charge on any atom is -0.478 e. The van der Waals surface area contributed by atoms with Gasteiger partial charge in [0.25, 0.3) is 5.91 Å². The second-order valence-corrected chi connectivity index (χ2v) is 5.40. The molecule has 114 valence electrons. The van der Waals surface area contributed by atoms with E-state index in [9.17, 15) is 14.4 Å². The second-order valence-electron chi connectivity index (χ2n) is 4.96. The molecule has 2 N–H and O–H groups in total. The van der Waals surface area contributed by atoms with E-state index in [-0.39, 0.29) is 16.7 Å². The maximum atomic E-state index is 12.5. The Balaban J connectivity index is 2.08. The number of amides is 1. The highest BCUT2D eigenvalue weighted by atomic mass is 35.5. The van der Waals surface area contributed by atoms with Gasteiger partial charge in [0.05, 0.1) is 16.8 Å². The van der Waals surface area contributed by atoms with Crippen LogP contribution in [0, 0.1) is 0 Å². The summed E-state index contributed by atoms with van der Waals surface area (Å²) in [5.41, 5.74) is 0.970. The molecule has 0 unspecified atom stereocenters. The molecule has 0 radical (unpaired) electrons. The summed E-state index contributed by atoms with van der Waals surface area (Å²) in [6.07, 6.45) is 1.43. The average Bonchev–Trinajstić information content (AvgIpc) is 2.51. The van der Waals surface area contributed by atoms with Crippen LogP contribution in [-0.2, 0) is 4.79 Å². The van der Waals surface area contributed by atoms with E-state index in [2.05, 4.69) is 5.32 Å². The third-order valence-electron chi connectivity index (χ3n) is 3.41. The molecule has 0 atom stereocenters. The molecule has 2 aromatic carbocycles. The summed E-state index contributed by atoms with van der Waals surface area (Å²) in [5.74, 6) is -2.20. The standard InChI is InChI=1S/C17H10ClNO4/c18-11-3-1-2-9(6-11)7-13-15(20)12-8-10(17(22)23)4-5-14(12)19-16(13)21/h1-8H,(H,19,21)(H,22,23)/b13-7-. The number of hydrogen-bond donors (Lipinski definition) is 2. The maximum absolute atomic E-state index is 12.5. The van der Waals surface area contributed by atoms with Gasteiger partial charge in [-0.15, -0.1) is 0 Å². The van der Waals surface area contributed by atoms with Crippen molar-refractivity contribution in [2.24, 2.45) is 0 Å². The highest BCUT2D eigenvalue weighted by Crippen LogP contribution is 2.28. The Morgan fingerprint density at radius 1 is 1.13 bits per heavy atom. The lowest BCUT2D eigenvalue weighted by atomic mass is 9.94. The van der Waals surface area contributed by atoms with Crippen LogP contribution >= 0.6 is 11.6 Å². The van der Waals surface area contributed by atoms with E-state index in [4.69, 9.17) is 16.7 Å². The third-order valence-corrected chi connectivity index (χ3v) is 3.64. The van der Waals surface area contributed by atoms with E-state index in [0.29, 0.717) is 16.3 Å². The number of aromatic carboxylic acids is 1. The van der Waals surface area contributed by atoms with E-state index >= 15 is 0 Å². The number of benzene rings is 2. The van der Waals surface area contributed by atoms with E-state index in [1.807, 2.05) is 0 Å². The number of nitrogens with one attached hydrogen (secondary N) is 1. The van der Waals surface area contributed by atoms with Crippen molar-refractivity contribution in [3.63, 3.8) is 0 Å². The van der Waals surface area contributed by atoms with E-state index in [0.717, 1.165) is 0 Å². The van der Waals surface area contributed by atoms with Crippen LogP contribution in [0.3, 0.4) is 0 Å². The Labute approximate surface area is 136 Å². The highest BCUT2D eigenvalue weighted by Gasteiger charge is 2.29. The third kappa shape index (κ3) is 2.86. The Hall–Kier alpha value is -2.92. The summed E-state index contributed by atoms with van der Waals surface area (Å²) in [5, 5.41) is 12.1. The SMILES string of the molecule is O=C1Nc2ccc(C(=O)O)cc2C(=O)/C1=C/c1cccc(Cl)c1. The Morgan fingerprint density at radius 3 is 2.61 bits per heavy atom. The van der Waals surface area contributed by atoms with Crippen molar-refractivity contribution in [1.82, 2.24) is 0 Å². The zero-order chi connectivity index (χ0) is 16.6. The number of fused-ring (bicyclic) bond motifs is 1. The normalized spacial score (nSPS) is 15.3. The van der Waals surface area contributed by atoms with Crippen LogP contribution in [-0.4, -0.2) is 22.8 Å². The van der Waals surface area contributed by atoms with Crippen molar-refractivity contribution in [2.75, 3.05) is 5.32 Å². The molecule has 1 amide bonds. The molecular weight excluding hydrogens is 318 g/mol. The van der Waals surface area contributed by atoms with Gasteiger partial charge in [-0.2, -0.15) is 0 Å². The number of carbonyl (C=O) groups excluding carboxylic acids is 2. The minimum absolute atomic E-state index is 0.0182. The van der Waals surface area contributed by atoms with Crippen LogP contribution in [0.2, 0.25) is 5.02 Å². The monoisotopic (exact) mass is 327 g/mol. The van der Waals surface area contributed by atoms with Gasteiger partial charge in [0.2, 0.25) is 5.78 Å². The Kier molecular flexibility index (Phi) is 3.72. The topological polar surface area (TPSA) is 83.5 Å². The van der Waals surface area contributed by atoms with E-state index < -0.39 is 17.7 Å². The fourth-order valence-corrected chi connectivity index (χ4v) is 2.50. The zero-order valence-corrected chi connectivity index (χ0v) is 12.4. The van der Waals surface area contributed by atoms with Crippen LogP contribution in [0.5, 0.6) is 0 Å². The van der Waals surface area contributed by atoms with E-state index in [1.165, 1.54) is 24.3 Å². The number of ketones is 1. The molecule has 0 aromatic heterocycles. The van der Waals surface area contributed by atoms with Gasteiger partial charge < -0.3 is 10.4 Å². The van der Waals surface area contributed by atoms with Crippen LogP contribution in [0.1, 0.15) is 26.3 Å². The van der Waals surface area contributed by atoms with Crippen LogP contribution in [0.4, 0.5) is 5.69 Å². The lowest BCUT2D eigenvalue weighted by Crippen LogP contribution is -2.27. The molecule has 0 aliphatic carbocycles. The first kappa shape index (κ1) is 15.0. The quantitative estimate of drug-likeness (QED) is 0.655. The predicted octanol–water partition coefficient (Wildman–Crippen LogP) is 3.26. The van der Waals surface area contributed by atoms with Crippen LogP contribution in [0.25, 0.3) is 6.08 Å². The first-order chi connectivity index (χ1) is 11.0. The molecule has 23 heavy (non-hydrogen) atoms. The highest BCUT2D eigenvalue weighted by molar-refractivity contribution is 6.36. The summed E-state index contributed by atoms with van der Waals surface area (Å²) < 4.78 is 0. The molecule has 0 saturated carbocycles. The van der Waals surface area contributed by atoms with E-state index in [1.54, 1.807) is 24.3 Å². The van der Waals surface area contributed by atoms with Crippen molar-refractivity contribution in [3.8, 4) is 0 Å². The fraction of sp³-hybridized carbons (Fsp3) is 0. The van der Waals surface area contributed by atoms with Crippen molar-refractivity contribution in [2.45, 2.75) is 0 Å². The van der Waals surface area contributed by atoms with Gasteiger partial charge in [-0.3, -0.25) is 9.59 Å². The largest absolute Gasteiger partial charge is 0.478 e. The molecule has 0 bridgehead atoms. The number of Topliss-reactive ketones (excluding diaryl/α,β-unsaturated/α-hetero) is 1. The van der Waals surface area contributed by atoms with Gasteiger partial charge in [0.1, 0.15) is 0 Å². The number of rotatable bonds is 2. The van der Waals surface area contributed by atoms with Gasteiger partial charge in [-0.05, 0) is 42.0 Å². The van der Waals surface area contributed by atoms with Gasteiger partial charge >= 0.3 is 5.97 Å². The number of carboxylic acids is 1. The number of hydrogen-bond acceptors (Lipinski definition) is 3. The first-order valence-corrected chi connectivity index (χ1v) is 7.04. The van der Waals surface area contributed by atoms with Gasteiger partial charge in [-0.1, -0.05) is 23.7 Å². The predicted molar refractivity (Wildman–Crippen MR) is 85.8 cm³/mol. The van der Waals surface area contributed by atoms with Crippen molar-refractivity contribution in [3.05, 3.63) is 69.8 Å². The van der Waals surface area contributed by atoms with Crippen molar-refractivity contribution >= 4 is 41.0 Å². The molecule has 2 aromatic rings. The summed E-state index contributed by atoms with van der Waals surface area (Å²) in [6.45, 7) is 0. The molecule has 0 fully saturated rings. The summed E-state index contributed by atoms with van der Waals surface area (Å²) in [4.78, 5) is 35.7. The van der Waals surface area contributed by atoms with Gasteiger partial charge in [-0.25, -0.2) is 4.79 Å². The van der Waals surface area contributed by atoms with Crippen molar-refractivity contribution < 1.29 is 19.5 Å². The number of carboxylic acid groups (broad SMARTS) is 1. The number of carbonyl (C=O) groups is 3. The molecular formula is C17H10ClNO4. The molecule has 3 rings (SSSR count). The molecule has 0 spiro atoms. The van der Waals surface area contributed by atoms with Gasteiger partial charge in [0.15, 0.2) is 0 Å². The van der Waals surface area contributed by atoms with Crippen molar-refractivity contribution in [1.29, 1.82) is 0 Å². The minimum atomic E-state index is -1.14. The first-order valence-electron chi connectivity index (χ1n) is 6.66. The molecule has 6 heteroatoms. The van der Waals surface area contributed by atoms with Gasteiger partial charge in [0, 0.05) is 10.6 Å². The molecule has 5 nitrogen and oxygen atoms in total.